The highest BCUT2D eigenvalue weighted by molar-refractivity contribution is 5.79. The molecule has 2 aromatic carbocycles. The second kappa shape index (κ2) is 7.54. The normalized spacial score (nSPS) is 27.8. The average Bonchev–Trinajstić information content (AvgIpc) is 3.35. The van der Waals surface area contributed by atoms with Crippen LogP contribution in [0.3, 0.4) is 0 Å². The van der Waals surface area contributed by atoms with Crippen LogP contribution in [-0.4, -0.2) is 55.1 Å². The van der Waals surface area contributed by atoms with Gasteiger partial charge in [0.05, 0.1) is 12.6 Å². The third-order valence-corrected chi connectivity index (χ3v) is 6.90. The molecule has 2 fully saturated rings. The molecule has 2 saturated heterocycles. The summed E-state index contributed by atoms with van der Waals surface area (Å²) in [6, 6.07) is 14.6. The van der Waals surface area contributed by atoms with Crippen LogP contribution in [0, 0.1) is 11.2 Å². The Morgan fingerprint density at radius 2 is 1.83 bits per heavy atom. The van der Waals surface area contributed by atoms with E-state index in [1.807, 2.05) is 17.0 Å². The molecule has 29 heavy (non-hydrogen) atoms. The maximum Gasteiger partial charge on any atom is 0.249 e. The van der Waals surface area contributed by atoms with Gasteiger partial charge in [-0.1, -0.05) is 36.4 Å². The number of carbonyl (C=O) groups excluding carboxylic acids is 1. The fourth-order valence-corrected chi connectivity index (χ4v) is 5.29. The monoisotopic (exact) mass is 394 g/mol. The Balaban J connectivity index is 1.33. The van der Waals surface area contributed by atoms with Crippen molar-refractivity contribution < 1.29 is 13.9 Å². The smallest absolute Gasteiger partial charge is 0.249 e. The maximum absolute atomic E-state index is 13.5. The number of piperidine rings is 1. The van der Waals surface area contributed by atoms with E-state index in [1.54, 1.807) is 12.1 Å². The van der Waals surface area contributed by atoms with Gasteiger partial charge < -0.3 is 14.5 Å². The number of rotatable bonds is 5. The molecule has 0 aromatic heterocycles. The third kappa shape index (κ3) is 3.58. The first-order chi connectivity index (χ1) is 14.1. The maximum atomic E-state index is 13.5. The summed E-state index contributed by atoms with van der Waals surface area (Å²) in [7, 11) is 0. The summed E-state index contributed by atoms with van der Waals surface area (Å²) in [5.74, 6) is -0.251. The first-order valence-corrected chi connectivity index (χ1v) is 10.6. The van der Waals surface area contributed by atoms with Crippen molar-refractivity contribution in [3.63, 3.8) is 0 Å². The van der Waals surface area contributed by atoms with E-state index in [1.165, 1.54) is 30.5 Å². The van der Waals surface area contributed by atoms with Gasteiger partial charge in [-0.3, -0.25) is 4.79 Å². The number of fused-ring (bicyclic) bond motifs is 3. The highest BCUT2D eigenvalue weighted by Gasteiger charge is 2.44. The first kappa shape index (κ1) is 18.8. The molecular weight excluding hydrogens is 367 g/mol. The molecule has 2 bridgehead atoms. The number of ether oxygens (including phenoxy) is 1. The second-order valence-electron chi connectivity index (χ2n) is 8.76. The van der Waals surface area contributed by atoms with Gasteiger partial charge in [0.25, 0.3) is 0 Å². The third-order valence-electron chi connectivity index (χ3n) is 6.90. The molecule has 3 aliphatic rings. The topological polar surface area (TPSA) is 32.8 Å². The van der Waals surface area contributed by atoms with Gasteiger partial charge in [-0.25, -0.2) is 4.39 Å². The molecule has 3 aliphatic heterocycles. The van der Waals surface area contributed by atoms with Crippen LogP contribution in [0.1, 0.15) is 35.6 Å². The zero-order valence-corrected chi connectivity index (χ0v) is 16.6. The minimum Gasteiger partial charge on any atom is -0.371 e. The summed E-state index contributed by atoms with van der Waals surface area (Å²) >= 11 is 0. The Bertz CT molecular complexity index is 890. The van der Waals surface area contributed by atoms with Crippen molar-refractivity contribution in [2.45, 2.75) is 25.3 Å². The molecule has 1 amide bonds. The van der Waals surface area contributed by atoms with Crippen LogP contribution >= 0.6 is 0 Å². The second-order valence-corrected chi connectivity index (χ2v) is 8.76. The lowest BCUT2D eigenvalue weighted by molar-refractivity contribution is -0.139. The predicted octanol–water partition coefficient (Wildman–Crippen LogP) is 3.41. The van der Waals surface area contributed by atoms with Crippen LogP contribution in [0.25, 0.3) is 0 Å². The predicted molar refractivity (Wildman–Crippen MR) is 109 cm³/mol. The highest BCUT2D eigenvalue weighted by atomic mass is 19.1. The number of benzene rings is 2. The zero-order chi connectivity index (χ0) is 19.8. The fraction of sp³-hybridized carbons (Fsp3) is 0.458. The Hall–Kier alpha value is -2.24. The zero-order valence-electron chi connectivity index (χ0n) is 16.6. The van der Waals surface area contributed by atoms with Gasteiger partial charge in [-0.2, -0.15) is 0 Å². The van der Waals surface area contributed by atoms with Crippen LogP contribution in [0.15, 0.2) is 48.5 Å². The fourth-order valence-electron chi connectivity index (χ4n) is 5.29. The number of hydrogen-bond donors (Lipinski definition) is 0. The molecule has 0 aliphatic carbocycles. The lowest BCUT2D eigenvalue weighted by Crippen LogP contribution is -2.43. The Kier molecular flexibility index (Phi) is 4.88. The molecule has 0 spiro atoms. The molecule has 2 aromatic rings. The van der Waals surface area contributed by atoms with Gasteiger partial charge in [0, 0.05) is 18.5 Å². The molecule has 152 valence electrons. The van der Waals surface area contributed by atoms with Gasteiger partial charge in [-0.05, 0) is 61.2 Å². The Morgan fingerprint density at radius 1 is 1.07 bits per heavy atom. The van der Waals surface area contributed by atoms with E-state index in [2.05, 4.69) is 17.0 Å². The summed E-state index contributed by atoms with van der Waals surface area (Å²) in [4.78, 5) is 17.5. The number of nitrogens with zero attached hydrogens (tertiary/aromatic N) is 2. The molecular formula is C24H27FN2O2. The molecule has 5 heteroatoms. The largest absolute Gasteiger partial charge is 0.371 e. The van der Waals surface area contributed by atoms with E-state index < -0.39 is 0 Å². The van der Waals surface area contributed by atoms with Crippen molar-refractivity contribution in [1.29, 1.82) is 0 Å². The van der Waals surface area contributed by atoms with Gasteiger partial charge >= 0.3 is 0 Å². The molecule has 0 saturated carbocycles. The molecule has 1 atom stereocenters. The van der Waals surface area contributed by atoms with Crippen molar-refractivity contribution >= 4 is 5.91 Å². The van der Waals surface area contributed by atoms with Crippen molar-refractivity contribution in [3.8, 4) is 0 Å². The van der Waals surface area contributed by atoms with Crippen LogP contribution < -0.4 is 0 Å². The average molecular weight is 394 g/mol. The summed E-state index contributed by atoms with van der Waals surface area (Å²) in [5, 5.41) is 0. The molecule has 4 nitrogen and oxygen atoms in total. The summed E-state index contributed by atoms with van der Waals surface area (Å²) in [5.41, 5.74) is 3.57. The minimum atomic E-state index is -0.263. The van der Waals surface area contributed by atoms with E-state index in [4.69, 9.17) is 4.74 Å². The number of hydrogen-bond acceptors (Lipinski definition) is 3. The van der Waals surface area contributed by atoms with E-state index in [-0.39, 0.29) is 29.8 Å². The van der Waals surface area contributed by atoms with Crippen LogP contribution in [0.2, 0.25) is 0 Å². The molecule has 3 heterocycles. The molecule has 0 N–H and O–H groups in total. The van der Waals surface area contributed by atoms with E-state index in [9.17, 15) is 9.18 Å². The van der Waals surface area contributed by atoms with Crippen molar-refractivity contribution in [1.82, 2.24) is 9.80 Å². The lowest BCUT2D eigenvalue weighted by atomic mass is 9.86. The van der Waals surface area contributed by atoms with Crippen LogP contribution in [0.4, 0.5) is 4.39 Å². The van der Waals surface area contributed by atoms with Crippen molar-refractivity contribution in [2.75, 3.05) is 39.4 Å². The highest BCUT2D eigenvalue weighted by Crippen LogP contribution is 2.40. The van der Waals surface area contributed by atoms with Gasteiger partial charge in [-0.15, -0.1) is 0 Å². The summed E-state index contributed by atoms with van der Waals surface area (Å²) in [6.45, 7) is 4.86. The molecule has 0 unspecified atom stereocenters. The van der Waals surface area contributed by atoms with E-state index in [0.717, 1.165) is 37.2 Å². The standard InChI is InChI=1S/C24H27FN2O2/c25-20-7-5-19(6-8-20)23-21-4-2-1-3-18(21)9-12-27(23)22(28)15-29-17-24-10-13-26(16-24)14-11-24/h1-8,23H,9-17H2/t23-/m0/s1. The van der Waals surface area contributed by atoms with Gasteiger partial charge in [0.1, 0.15) is 12.4 Å². The lowest BCUT2D eigenvalue weighted by Gasteiger charge is -2.38. The van der Waals surface area contributed by atoms with Gasteiger partial charge in [0.2, 0.25) is 5.91 Å². The molecule has 5 rings (SSSR count). The van der Waals surface area contributed by atoms with Crippen molar-refractivity contribution in [2.24, 2.45) is 5.41 Å². The minimum absolute atomic E-state index is 0.0121. The Morgan fingerprint density at radius 3 is 2.55 bits per heavy atom. The number of carbonyl (C=O) groups is 1. The first-order valence-electron chi connectivity index (χ1n) is 10.6. The summed E-state index contributed by atoms with van der Waals surface area (Å²) in [6.07, 6.45) is 3.19. The quantitative estimate of drug-likeness (QED) is 0.779. The SMILES string of the molecule is O=C(COCC12CCN(CC1)C2)N1CCc2ccccc2[C@@H]1c1ccc(F)cc1. The van der Waals surface area contributed by atoms with E-state index in [0.29, 0.717) is 13.2 Å². The number of halogens is 1. The van der Waals surface area contributed by atoms with E-state index >= 15 is 0 Å². The van der Waals surface area contributed by atoms with Crippen LogP contribution in [0.5, 0.6) is 0 Å². The van der Waals surface area contributed by atoms with Crippen LogP contribution in [-0.2, 0) is 16.0 Å². The number of amides is 1. The Labute approximate surface area is 171 Å². The van der Waals surface area contributed by atoms with Crippen molar-refractivity contribution in [3.05, 3.63) is 71.0 Å². The summed E-state index contributed by atoms with van der Waals surface area (Å²) < 4.78 is 19.5. The van der Waals surface area contributed by atoms with Gasteiger partial charge in [0.15, 0.2) is 0 Å². The molecule has 0 radical (unpaired) electrons.